The molecule has 0 saturated carbocycles. The van der Waals surface area contributed by atoms with E-state index in [2.05, 4.69) is 59.3 Å². The topological polar surface area (TPSA) is 68.3 Å². The summed E-state index contributed by atoms with van der Waals surface area (Å²) >= 11 is 6.71. The summed E-state index contributed by atoms with van der Waals surface area (Å²) in [5, 5.41) is 16.2. The quantitative estimate of drug-likeness (QED) is 0.241. The van der Waals surface area contributed by atoms with E-state index >= 15 is 0 Å². The molecule has 0 spiro atoms. The molecule has 9 heteroatoms. The second-order valence-electron chi connectivity index (χ2n) is 12.0. The van der Waals surface area contributed by atoms with E-state index in [1.165, 1.54) is 0 Å². The largest absolute Gasteiger partial charge is 0.378 e. The molecule has 1 saturated heterocycles. The van der Waals surface area contributed by atoms with E-state index in [1.807, 2.05) is 19.2 Å². The van der Waals surface area contributed by atoms with Crippen molar-refractivity contribution in [3.8, 4) is 23.0 Å². The number of rotatable bonds is 7. The third kappa shape index (κ3) is 7.04. The number of aryl methyl sites for hydroxylation is 1. The van der Waals surface area contributed by atoms with Gasteiger partial charge in [-0.05, 0) is 71.8 Å². The van der Waals surface area contributed by atoms with Crippen molar-refractivity contribution in [1.82, 2.24) is 24.2 Å². The van der Waals surface area contributed by atoms with Crippen LogP contribution in [0.2, 0.25) is 30.8 Å². The molecule has 7 nitrogen and oxygen atoms in total. The maximum atomic E-state index is 10.1. The summed E-state index contributed by atoms with van der Waals surface area (Å²) in [6.45, 7) is 15.6. The average Bonchev–Trinajstić information content (AvgIpc) is 3.35. The van der Waals surface area contributed by atoms with Crippen LogP contribution in [0.25, 0.3) is 22.0 Å². The number of hydrogen-bond donors (Lipinski definition) is 1. The molecule has 0 bridgehead atoms. The smallest absolute Gasteiger partial charge is 0.159 e. The Bertz CT molecular complexity index is 1310. The normalized spacial score (nSPS) is 15.8. The Morgan fingerprint density at radius 1 is 1.19 bits per heavy atom. The third-order valence-electron chi connectivity index (χ3n) is 6.79. The first-order chi connectivity index (χ1) is 17.3. The van der Waals surface area contributed by atoms with Crippen molar-refractivity contribution in [3.05, 3.63) is 35.0 Å². The van der Waals surface area contributed by atoms with Gasteiger partial charge in [-0.2, -0.15) is 5.10 Å². The molecule has 0 radical (unpaired) electrons. The number of aliphatic hydroxyl groups is 1. The molecule has 200 valence electrons. The van der Waals surface area contributed by atoms with Gasteiger partial charge in [-0.25, -0.2) is 9.67 Å². The van der Waals surface area contributed by atoms with E-state index in [1.54, 1.807) is 18.5 Å². The van der Waals surface area contributed by atoms with Crippen LogP contribution in [0.1, 0.15) is 44.1 Å². The van der Waals surface area contributed by atoms with Crippen LogP contribution >= 0.6 is 11.6 Å². The van der Waals surface area contributed by atoms with Crippen molar-refractivity contribution in [2.75, 3.05) is 26.7 Å². The highest BCUT2D eigenvalue weighted by Gasteiger charge is 2.25. The summed E-state index contributed by atoms with van der Waals surface area (Å²) in [5.41, 5.74) is 3.46. The van der Waals surface area contributed by atoms with Gasteiger partial charge in [0.1, 0.15) is 18.0 Å². The molecule has 37 heavy (non-hydrogen) atoms. The highest BCUT2D eigenvalue weighted by molar-refractivity contribution is 6.76. The van der Waals surface area contributed by atoms with Crippen LogP contribution < -0.4 is 0 Å². The molecule has 0 amide bonds. The van der Waals surface area contributed by atoms with Crippen LogP contribution in [0.3, 0.4) is 0 Å². The van der Waals surface area contributed by atoms with E-state index in [0.29, 0.717) is 23.6 Å². The summed E-state index contributed by atoms with van der Waals surface area (Å²) in [6, 6.07) is 3.51. The number of aromatic nitrogens is 4. The highest BCUT2D eigenvalue weighted by Crippen LogP contribution is 2.39. The number of hydrogen-bond acceptors (Lipinski definition) is 5. The molecule has 0 aromatic carbocycles. The Morgan fingerprint density at radius 2 is 1.89 bits per heavy atom. The molecule has 0 aliphatic carbocycles. The second kappa shape index (κ2) is 10.9. The van der Waals surface area contributed by atoms with Crippen molar-refractivity contribution >= 4 is 30.6 Å². The maximum Gasteiger partial charge on any atom is 0.159 e. The van der Waals surface area contributed by atoms with Gasteiger partial charge in [0, 0.05) is 49.6 Å². The molecule has 1 aliphatic rings. The summed E-state index contributed by atoms with van der Waals surface area (Å²) in [7, 11) is 1.02. The number of piperidine rings is 1. The lowest BCUT2D eigenvalue weighted by Gasteiger charge is -2.30. The fraction of sp³-hybridized carbons (Fsp3) is 0.571. The minimum atomic E-state index is -1.15. The summed E-state index contributed by atoms with van der Waals surface area (Å²) in [6.07, 6.45) is 6.35. The Balaban J connectivity index is 1.75. The molecule has 0 unspecified atom stereocenters. The van der Waals surface area contributed by atoms with Crippen LogP contribution in [0.4, 0.5) is 0 Å². The van der Waals surface area contributed by atoms with Gasteiger partial charge in [-0.15, -0.1) is 0 Å². The van der Waals surface area contributed by atoms with Gasteiger partial charge in [-0.3, -0.25) is 0 Å². The lowest BCUT2D eigenvalue weighted by atomic mass is 10.0. The van der Waals surface area contributed by atoms with Gasteiger partial charge in [0.25, 0.3) is 0 Å². The zero-order valence-electron chi connectivity index (χ0n) is 23.2. The van der Waals surface area contributed by atoms with Crippen LogP contribution in [0, 0.1) is 18.8 Å². The predicted octanol–water partition coefficient (Wildman–Crippen LogP) is 5.56. The minimum absolute atomic E-state index is 0.376. The van der Waals surface area contributed by atoms with Crippen molar-refractivity contribution in [2.24, 2.45) is 0 Å². The van der Waals surface area contributed by atoms with E-state index < -0.39 is 13.7 Å². The molecule has 1 fully saturated rings. The lowest BCUT2D eigenvalue weighted by Crippen LogP contribution is -2.31. The molecular weight excluding hydrogens is 502 g/mol. The number of fused-ring (bicyclic) bond motifs is 1. The Labute approximate surface area is 226 Å². The van der Waals surface area contributed by atoms with Gasteiger partial charge >= 0.3 is 0 Å². The van der Waals surface area contributed by atoms with Crippen molar-refractivity contribution in [1.29, 1.82) is 0 Å². The van der Waals surface area contributed by atoms with Crippen molar-refractivity contribution in [3.63, 3.8) is 0 Å². The Kier molecular flexibility index (Phi) is 8.22. The molecule has 4 rings (SSSR count). The van der Waals surface area contributed by atoms with Crippen LogP contribution in [-0.4, -0.2) is 69.8 Å². The number of halogens is 1. The SMILES string of the molecule is Cc1nc(C#CC(C)(C)O)cc2c(-c3cn(COCC[Si](C)(C)C)nc3Cl)cn(C3CCN(C)CC3)c12. The Morgan fingerprint density at radius 3 is 2.54 bits per heavy atom. The predicted molar refractivity (Wildman–Crippen MR) is 154 cm³/mol. The first-order valence-electron chi connectivity index (χ1n) is 13.1. The van der Waals surface area contributed by atoms with Crippen LogP contribution in [0.5, 0.6) is 0 Å². The Hall–Kier alpha value is -2.15. The van der Waals surface area contributed by atoms with Crippen molar-refractivity contribution < 1.29 is 9.84 Å². The summed E-state index contributed by atoms with van der Waals surface area (Å²) < 4.78 is 10.1. The summed E-state index contributed by atoms with van der Waals surface area (Å²) in [4.78, 5) is 7.17. The zero-order chi connectivity index (χ0) is 27.0. The van der Waals surface area contributed by atoms with Crippen LogP contribution in [-0.2, 0) is 11.5 Å². The highest BCUT2D eigenvalue weighted by atomic mass is 35.5. The summed E-state index contributed by atoms with van der Waals surface area (Å²) in [5.74, 6) is 5.95. The molecule has 3 aromatic heterocycles. The van der Waals surface area contributed by atoms with Crippen molar-refractivity contribution in [2.45, 2.75) is 77.7 Å². The maximum absolute atomic E-state index is 10.1. The third-order valence-corrected chi connectivity index (χ3v) is 8.77. The number of pyridine rings is 1. The first kappa shape index (κ1) is 27.9. The van der Waals surface area contributed by atoms with Gasteiger partial charge in [-0.1, -0.05) is 37.2 Å². The minimum Gasteiger partial charge on any atom is -0.378 e. The van der Waals surface area contributed by atoms with E-state index in [0.717, 1.165) is 66.3 Å². The first-order valence-corrected chi connectivity index (χ1v) is 17.2. The van der Waals surface area contributed by atoms with Crippen LogP contribution in [0.15, 0.2) is 18.5 Å². The van der Waals surface area contributed by atoms with E-state index in [-0.39, 0.29) is 0 Å². The van der Waals surface area contributed by atoms with Gasteiger partial charge in [0.2, 0.25) is 0 Å². The van der Waals surface area contributed by atoms with Gasteiger partial charge in [0.05, 0.1) is 11.2 Å². The standard InChI is InChI=1S/C28H40ClN5O2Si/c1-20-26-23(16-21(30-20)8-11-28(2,3)35)24(18-34(26)22-9-12-32(4)13-10-22)25-17-33(31-27(25)29)19-36-14-15-37(5,6)7/h16-18,22,35H,9-10,12-15,19H2,1-7H3. The fourth-order valence-electron chi connectivity index (χ4n) is 4.71. The number of ether oxygens (including phenoxy) is 1. The molecule has 0 atom stereocenters. The van der Waals surface area contributed by atoms with Gasteiger partial charge < -0.3 is 19.3 Å². The molecule has 3 aromatic rings. The number of likely N-dealkylation sites (tertiary alicyclic amines) is 1. The molecular formula is C28H40ClN5O2Si. The monoisotopic (exact) mass is 541 g/mol. The zero-order valence-corrected chi connectivity index (χ0v) is 25.0. The average molecular weight is 542 g/mol. The van der Waals surface area contributed by atoms with E-state index in [9.17, 15) is 5.11 Å². The van der Waals surface area contributed by atoms with Gasteiger partial charge in [0.15, 0.2) is 5.15 Å². The molecule has 1 N–H and O–H groups in total. The molecule has 4 heterocycles. The van der Waals surface area contributed by atoms with E-state index in [4.69, 9.17) is 21.3 Å². The second-order valence-corrected chi connectivity index (χ2v) is 18.0. The lowest BCUT2D eigenvalue weighted by molar-refractivity contribution is 0.0786. The number of nitrogens with zero attached hydrogens (tertiary/aromatic N) is 5. The fourth-order valence-corrected chi connectivity index (χ4v) is 5.71. The molecule has 1 aliphatic heterocycles.